The van der Waals surface area contributed by atoms with Gasteiger partial charge >= 0.3 is 11.9 Å². The van der Waals surface area contributed by atoms with E-state index in [0.717, 1.165) is 57.8 Å². The molecule has 4 N–H and O–H groups in total. The molecule has 1 fully saturated rings. The highest BCUT2D eigenvalue weighted by Gasteiger charge is 2.44. The Kier molecular flexibility index (Phi) is 35.8. The van der Waals surface area contributed by atoms with Gasteiger partial charge in [0.2, 0.25) is 0 Å². The van der Waals surface area contributed by atoms with E-state index < -0.39 is 49.4 Å². The predicted octanol–water partition coefficient (Wildman–Crippen LogP) is 10.1. The van der Waals surface area contributed by atoms with Crippen LogP contribution in [0.1, 0.15) is 206 Å². The van der Waals surface area contributed by atoms with Crippen LogP contribution in [0.5, 0.6) is 0 Å². The first kappa shape index (κ1) is 53.2. The number of unbranched alkanes of at least 4 members (excludes halogenated alkanes) is 24. The first-order valence-corrected chi connectivity index (χ1v) is 23.4. The average molecular weight is 811 g/mol. The van der Waals surface area contributed by atoms with Crippen molar-refractivity contribution in [3.05, 3.63) is 24.3 Å². The van der Waals surface area contributed by atoms with E-state index in [-0.39, 0.29) is 32.0 Å². The molecule has 57 heavy (non-hydrogen) atoms. The van der Waals surface area contributed by atoms with Gasteiger partial charge in [-0.15, -0.1) is 0 Å². The Morgan fingerprint density at radius 3 is 1.39 bits per heavy atom. The van der Waals surface area contributed by atoms with Gasteiger partial charge in [0.1, 0.15) is 31.0 Å². The second kappa shape index (κ2) is 38.4. The van der Waals surface area contributed by atoms with Gasteiger partial charge < -0.3 is 39.4 Å². The normalized spacial score (nSPS) is 20.4. The van der Waals surface area contributed by atoms with Crippen molar-refractivity contribution in [3.63, 3.8) is 0 Å². The second-order valence-corrected chi connectivity index (χ2v) is 16.2. The maximum Gasteiger partial charge on any atom is 0.306 e. The van der Waals surface area contributed by atoms with Gasteiger partial charge in [-0.2, -0.15) is 0 Å². The number of hydrogen-bond donors (Lipinski definition) is 4. The lowest BCUT2D eigenvalue weighted by Gasteiger charge is -2.39. The number of hydrogen-bond acceptors (Lipinski definition) is 10. The molecule has 0 amide bonds. The largest absolute Gasteiger partial charge is 0.462 e. The smallest absolute Gasteiger partial charge is 0.306 e. The zero-order valence-corrected chi connectivity index (χ0v) is 36.3. The number of carbonyl (C=O) groups is 2. The molecule has 10 heteroatoms. The molecule has 0 aromatic rings. The molecule has 1 heterocycles. The standard InChI is InChI=1S/C47H86O10/c1-3-5-7-9-11-13-15-17-19-20-22-23-25-27-29-31-33-35-42(49)54-38-40(39-55-47-46(53)45(52)44(51)41(37-48)57-47)56-43(50)36-34-32-30-28-26-24-21-18-16-14-12-10-8-6-4-2/h13,15,18,21,40-41,44-48,51-53H,3-12,14,16-17,19-20,22-39H2,1-2H3/b15-13+,21-18+/t40-,41-,44+,45?,46?,47-/m0/s1. The first-order valence-electron chi connectivity index (χ1n) is 23.4. The van der Waals surface area contributed by atoms with Crippen LogP contribution in [0.3, 0.4) is 0 Å². The molecule has 6 atom stereocenters. The van der Waals surface area contributed by atoms with Gasteiger partial charge in [0.05, 0.1) is 13.2 Å². The van der Waals surface area contributed by atoms with Crippen LogP contribution in [0.2, 0.25) is 0 Å². The fourth-order valence-electron chi connectivity index (χ4n) is 7.06. The van der Waals surface area contributed by atoms with Crippen molar-refractivity contribution >= 4 is 11.9 Å². The van der Waals surface area contributed by atoms with Crippen LogP contribution in [-0.2, 0) is 28.5 Å². The molecular formula is C47H86O10. The topological polar surface area (TPSA) is 152 Å². The summed E-state index contributed by atoms with van der Waals surface area (Å²) in [5, 5.41) is 40.1. The van der Waals surface area contributed by atoms with Crippen molar-refractivity contribution in [1.82, 2.24) is 0 Å². The van der Waals surface area contributed by atoms with Crippen molar-refractivity contribution in [2.75, 3.05) is 19.8 Å². The van der Waals surface area contributed by atoms with Crippen molar-refractivity contribution < 1.29 is 49.0 Å². The van der Waals surface area contributed by atoms with Crippen LogP contribution in [0.25, 0.3) is 0 Å². The predicted molar refractivity (Wildman–Crippen MR) is 229 cm³/mol. The quantitative estimate of drug-likeness (QED) is 0.0268. The van der Waals surface area contributed by atoms with Crippen molar-refractivity contribution in [1.29, 1.82) is 0 Å². The third-order valence-corrected chi connectivity index (χ3v) is 10.8. The molecule has 0 spiro atoms. The van der Waals surface area contributed by atoms with Gasteiger partial charge in [-0.05, 0) is 64.2 Å². The number of aliphatic hydroxyl groups is 4. The lowest BCUT2D eigenvalue weighted by molar-refractivity contribution is -0.305. The molecule has 10 nitrogen and oxygen atoms in total. The number of aliphatic hydroxyl groups excluding tert-OH is 4. The summed E-state index contributed by atoms with van der Waals surface area (Å²) in [5.41, 5.74) is 0. The Bertz CT molecular complexity index is 985. The van der Waals surface area contributed by atoms with Crippen LogP contribution in [-0.4, -0.2) is 89.0 Å². The highest BCUT2D eigenvalue weighted by molar-refractivity contribution is 5.70. The minimum absolute atomic E-state index is 0.219. The number of carbonyl (C=O) groups excluding carboxylic acids is 2. The minimum atomic E-state index is -1.59. The van der Waals surface area contributed by atoms with Crippen LogP contribution >= 0.6 is 0 Å². The van der Waals surface area contributed by atoms with E-state index in [1.807, 2.05) is 0 Å². The molecule has 2 unspecified atom stereocenters. The molecule has 0 aromatic heterocycles. The van der Waals surface area contributed by atoms with E-state index in [0.29, 0.717) is 6.42 Å². The Hall–Kier alpha value is -1.82. The van der Waals surface area contributed by atoms with Gasteiger partial charge in [0.25, 0.3) is 0 Å². The van der Waals surface area contributed by atoms with Crippen molar-refractivity contribution in [2.24, 2.45) is 0 Å². The number of ether oxygens (including phenoxy) is 4. The zero-order chi connectivity index (χ0) is 41.6. The van der Waals surface area contributed by atoms with Gasteiger partial charge in [0, 0.05) is 12.8 Å². The number of esters is 2. The maximum atomic E-state index is 12.8. The Morgan fingerprint density at radius 2 is 0.930 bits per heavy atom. The minimum Gasteiger partial charge on any atom is -0.462 e. The van der Waals surface area contributed by atoms with E-state index in [4.69, 9.17) is 18.9 Å². The molecule has 334 valence electrons. The number of allylic oxidation sites excluding steroid dienone is 4. The highest BCUT2D eigenvalue weighted by Crippen LogP contribution is 2.23. The summed E-state index contributed by atoms with van der Waals surface area (Å²) in [5.74, 6) is -0.813. The molecule has 1 rings (SSSR count). The van der Waals surface area contributed by atoms with Crippen LogP contribution in [0.15, 0.2) is 24.3 Å². The molecule has 0 saturated carbocycles. The summed E-state index contributed by atoms with van der Waals surface area (Å²) >= 11 is 0. The van der Waals surface area contributed by atoms with E-state index in [1.165, 1.54) is 116 Å². The Balaban J connectivity index is 2.31. The monoisotopic (exact) mass is 811 g/mol. The summed E-state index contributed by atoms with van der Waals surface area (Å²) in [6, 6.07) is 0. The lowest BCUT2D eigenvalue weighted by Crippen LogP contribution is -2.59. The zero-order valence-electron chi connectivity index (χ0n) is 36.3. The molecular weight excluding hydrogens is 725 g/mol. The Morgan fingerprint density at radius 1 is 0.526 bits per heavy atom. The summed E-state index contributed by atoms with van der Waals surface area (Å²) in [6.45, 7) is 3.41. The van der Waals surface area contributed by atoms with Gasteiger partial charge in [0.15, 0.2) is 12.4 Å². The summed E-state index contributed by atoms with van der Waals surface area (Å²) in [4.78, 5) is 25.3. The molecule has 0 radical (unpaired) electrons. The SMILES string of the molecule is CCCCCC/C=C/CCCCCCCCCCCC(=O)OC[C@@H](CO[C@H]1O[C@@H](CO)[C@@H](O)C(O)C1O)OC(=O)CCCCCCC/C=C/CCCCCCCC. The molecule has 1 saturated heterocycles. The van der Waals surface area contributed by atoms with Crippen LogP contribution in [0, 0.1) is 0 Å². The van der Waals surface area contributed by atoms with E-state index in [2.05, 4.69) is 38.2 Å². The molecule has 0 aliphatic carbocycles. The lowest BCUT2D eigenvalue weighted by atomic mass is 9.99. The third kappa shape index (κ3) is 30.0. The summed E-state index contributed by atoms with van der Waals surface area (Å²) in [6.07, 6.45) is 34.6. The van der Waals surface area contributed by atoms with Crippen LogP contribution < -0.4 is 0 Å². The van der Waals surface area contributed by atoms with Gasteiger partial charge in [-0.1, -0.05) is 154 Å². The summed E-state index contributed by atoms with van der Waals surface area (Å²) < 4.78 is 22.2. The molecule has 0 aromatic carbocycles. The van der Waals surface area contributed by atoms with E-state index in [1.54, 1.807) is 0 Å². The van der Waals surface area contributed by atoms with E-state index >= 15 is 0 Å². The highest BCUT2D eigenvalue weighted by atomic mass is 16.7. The van der Waals surface area contributed by atoms with Gasteiger partial charge in [-0.25, -0.2) is 0 Å². The van der Waals surface area contributed by atoms with Gasteiger partial charge in [-0.3, -0.25) is 9.59 Å². The molecule has 1 aliphatic rings. The fourth-order valence-corrected chi connectivity index (χ4v) is 7.06. The maximum absolute atomic E-state index is 12.8. The summed E-state index contributed by atoms with van der Waals surface area (Å²) in [7, 11) is 0. The van der Waals surface area contributed by atoms with E-state index in [9.17, 15) is 30.0 Å². The van der Waals surface area contributed by atoms with Crippen LogP contribution in [0.4, 0.5) is 0 Å². The fraction of sp³-hybridized carbons (Fsp3) is 0.872. The first-order chi connectivity index (χ1) is 27.8. The Labute approximate surface area is 347 Å². The molecule has 0 bridgehead atoms. The van der Waals surface area contributed by atoms with Crippen molar-refractivity contribution in [2.45, 2.75) is 243 Å². The number of rotatable bonds is 39. The van der Waals surface area contributed by atoms with Crippen molar-refractivity contribution in [3.8, 4) is 0 Å². The second-order valence-electron chi connectivity index (χ2n) is 16.2. The third-order valence-electron chi connectivity index (χ3n) is 10.8. The average Bonchev–Trinajstić information content (AvgIpc) is 3.21. The molecule has 1 aliphatic heterocycles.